The van der Waals surface area contributed by atoms with Gasteiger partial charge in [-0.25, -0.2) is 4.39 Å². The lowest BCUT2D eigenvalue weighted by molar-refractivity contribution is -0.384. The average Bonchev–Trinajstić information content (AvgIpc) is 2.59. The highest BCUT2D eigenvalue weighted by Crippen LogP contribution is 2.29. The minimum absolute atomic E-state index is 0.144. The first-order valence-electron chi connectivity index (χ1n) is 7.58. The van der Waals surface area contributed by atoms with Crippen LogP contribution in [0.3, 0.4) is 0 Å². The highest BCUT2D eigenvalue weighted by molar-refractivity contribution is 5.81. The van der Waals surface area contributed by atoms with Crippen molar-refractivity contribution in [1.82, 2.24) is 10.2 Å². The lowest BCUT2D eigenvalue weighted by Crippen LogP contribution is -2.54. The number of amides is 1. The summed E-state index contributed by atoms with van der Waals surface area (Å²) in [6.45, 7) is 4.14. The van der Waals surface area contributed by atoms with E-state index in [0.717, 1.165) is 6.07 Å². The van der Waals surface area contributed by atoms with E-state index < -0.39 is 10.7 Å². The summed E-state index contributed by atoms with van der Waals surface area (Å²) in [5.74, 6) is 1.57. The number of anilines is 1. The maximum absolute atomic E-state index is 13.2. The molecule has 1 aromatic carbocycles. The quantitative estimate of drug-likeness (QED) is 0.494. The molecule has 1 aliphatic rings. The maximum atomic E-state index is 13.2. The zero-order chi connectivity index (χ0) is 17.7. The maximum Gasteiger partial charge on any atom is 0.295 e. The number of terminal acetylenes is 1. The van der Waals surface area contributed by atoms with Gasteiger partial charge in [-0.05, 0) is 19.1 Å². The second-order valence-electron chi connectivity index (χ2n) is 5.51. The second-order valence-corrected chi connectivity index (χ2v) is 5.51. The Morgan fingerprint density at radius 1 is 1.46 bits per heavy atom. The van der Waals surface area contributed by atoms with Crippen LogP contribution in [-0.4, -0.2) is 54.5 Å². The van der Waals surface area contributed by atoms with Crippen LogP contribution in [0.4, 0.5) is 15.8 Å². The second kappa shape index (κ2) is 7.75. The number of hydrogen-bond donors (Lipinski definition) is 1. The number of benzene rings is 1. The van der Waals surface area contributed by atoms with Crippen LogP contribution in [0.2, 0.25) is 0 Å². The first-order valence-corrected chi connectivity index (χ1v) is 7.58. The fourth-order valence-electron chi connectivity index (χ4n) is 2.71. The molecule has 0 spiro atoms. The molecule has 1 heterocycles. The zero-order valence-electron chi connectivity index (χ0n) is 13.4. The van der Waals surface area contributed by atoms with E-state index >= 15 is 0 Å². The lowest BCUT2D eigenvalue weighted by Gasteiger charge is -2.38. The van der Waals surface area contributed by atoms with Crippen molar-refractivity contribution in [2.24, 2.45) is 0 Å². The van der Waals surface area contributed by atoms with Crippen molar-refractivity contribution >= 4 is 17.3 Å². The van der Waals surface area contributed by atoms with E-state index in [9.17, 15) is 19.3 Å². The fourth-order valence-corrected chi connectivity index (χ4v) is 2.71. The van der Waals surface area contributed by atoms with E-state index in [-0.39, 0.29) is 24.2 Å². The molecule has 1 aliphatic heterocycles. The minimum Gasteiger partial charge on any atom is -0.363 e. The van der Waals surface area contributed by atoms with Crippen molar-refractivity contribution < 1.29 is 14.1 Å². The number of halogens is 1. The molecule has 1 saturated heterocycles. The standard InChI is InChI=1S/C16H19FN4O3/c1-3-6-18-16(22)12(2)19-7-9-20(10-8-19)14-5-4-13(17)11-15(14)21(23)24/h1,4-5,11-12H,6-10H2,2H3,(H,18,22). The number of piperazine rings is 1. The minimum atomic E-state index is -0.636. The van der Waals surface area contributed by atoms with E-state index in [4.69, 9.17) is 6.42 Å². The Morgan fingerprint density at radius 3 is 2.71 bits per heavy atom. The van der Waals surface area contributed by atoms with E-state index in [1.54, 1.807) is 6.92 Å². The van der Waals surface area contributed by atoms with Crippen molar-refractivity contribution in [1.29, 1.82) is 0 Å². The van der Waals surface area contributed by atoms with Crippen molar-refractivity contribution in [2.45, 2.75) is 13.0 Å². The summed E-state index contributed by atoms with van der Waals surface area (Å²) < 4.78 is 13.2. The van der Waals surface area contributed by atoms with Crippen LogP contribution in [0.15, 0.2) is 18.2 Å². The van der Waals surface area contributed by atoms with Crippen molar-refractivity contribution in [3.05, 3.63) is 34.1 Å². The molecule has 128 valence electrons. The predicted molar refractivity (Wildman–Crippen MR) is 88.1 cm³/mol. The molecule has 8 heteroatoms. The lowest BCUT2D eigenvalue weighted by atomic mass is 10.1. The smallest absolute Gasteiger partial charge is 0.295 e. The van der Waals surface area contributed by atoms with Gasteiger partial charge < -0.3 is 10.2 Å². The highest BCUT2D eigenvalue weighted by atomic mass is 19.1. The summed E-state index contributed by atoms with van der Waals surface area (Å²) in [4.78, 5) is 26.3. The molecule has 0 aliphatic carbocycles. The third kappa shape index (κ3) is 4.00. The van der Waals surface area contributed by atoms with Crippen LogP contribution in [-0.2, 0) is 4.79 Å². The first-order chi connectivity index (χ1) is 11.4. The summed E-state index contributed by atoms with van der Waals surface area (Å²) in [6.07, 6.45) is 5.12. The third-order valence-corrected chi connectivity index (χ3v) is 4.08. The molecule has 1 fully saturated rings. The summed E-state index contributed by atoms with van der Waals surface area (Å²) in [5.41, 5.74) is 0.147. The van der Waals surface area contributed by atoms with Crippen LogP contribution < -0.4 is 10.2 Å². The van der Waals surface area contributed by atoms with Gasteiger partial charge in [-0.2, -0.15) is 0 Å². The molecular weight excluding hydrogens is 315 g/mol. The Kier molecular flexibility index (Phi) is 5.71. The third-order valence-electron chi connectivity index (χ3n) is 4.08. The molecule has 1 atom stereocenters. The van der Waals surface area contributed by atoms with Gasteiger partial charge in [-0.15, -0.1) is 6.42 Å². The Bertz CT molecular complexity index is 666. The van der Waals surface area contributed by atoms with Gasteiger partial charge in [0.05, 0.1) is 23.6 Å². The van der Waals surface area contributed by atoms with E-state index in [1.807, 2.05) is 9.80 Å². The van der Waals surface area contributed by atoms with Gasteiger partial charge in [-0.3, -0.25) is 19.8 Å². The molecule has 7 nitrogen and oxygen atoms in total. The summed E-state index contributed by atoms with van der Waals surface area (Å²) in [5, 5.41) is 13.8. The SMILES string of the molecule is C#CCNC(=O)C(C)N1CCN(c2ccc(F)cc2[N+](=O)[O-])CC1. The molecule has 1 unspecified atom stereocenters. The van der Waals surface area contributed by atoms with E-state index in [2.05, 4.69) is 11.2 Å². The Morgan fingerprint density at radius 2 is 2.12 bits per heavy atom. The van der Waals surface area contributed by atoms with Gasteiger partial charge in [0.15, 0.2) is 0 Å². The van der Waals surface area contributed by atoms with Crippen LogP contribution in [0.1, 0.15) is 6.92 Å². The normalized spacial score (nSPS) is 16.3. The molecular formula is C16H19FN4O3. The average molecular weight is 334 g/mol. The van der Waals surface area contributed by atoms with Crippen molar-refractivity contribution in [2.75, 3.05) is 37.6 Å². The van der Waals surface area contributed by atoms with Crippen molar-refractivity contribution in [3.63, 3.8) is 0 Å². The summed E-state index contributed by atoms with van der Waals surface area (Å²) in [7, 11) is 0. The Balaban J connectivity index is 2.02. The Hall–Kier alpha value is -2.66. The van der Waals surface area contributed by atoms with Crippen LogP contribution in [0.5, 0.6) is 0 Å². The first kappa shape index (κ1) is 17.7. The number of carbonyl (C=O) groups is 1. The monoisotopic (exact) mass is 334 g/mol. The van der Waals surface area contributed by atoms with Crippen molar-refractivity contribution in [3.8, 4) is 12.3 Å². The van der Waals surface area contributed by atoms with Crippen LogP contribution >= 0.6 is 0 Å². The number of nitrogens with zero attached hydrogens (tertiary/aromatic N) is 3. The molecule has 1 aromatic rings. The molecule has 1 amide bonds. The molecule has 2 rings (SSSR count). The molecule has 24 heavy (non-hydrogen) atoms. The highest BCUT2D eigenvalue weighted by Gasteiger charge is 2.28. The largest absolute Gasteiger partial charge is 0.363 e. The number of rotatable bonds is 5. The predicted octanol–water partition coefficient (Wildman–Crippen LogP) is 0.994. The number of hydrogen-bond acceptors (Lipinski definition) is 5. The molecule has 0 bridgehead atoms. The summed E-state index contributed by atoms with van der Waals surface area (Å²) in [6, 6.07) is 3.23. The number of nitrogens with one attached hydrogen (secondary N) is 1. The van der Waals surface area contributed by atoms with Gasteiger partial charge in [0.25, 0.3) is 5.69 Å². The van der Waals surface area contributed by atoms with Gasteiger partial charge >= 0.3 is 0 Å². The van der Waals surface area contributed by atoms with Gasteiger partial charge in [0.1, 0.15) is 11.5 Å². The fraction of sp³-hybridized carbons (Fsp3) is 0.438. The van der Waals surface area contributed by atoms with Gasteiger partial charge in [0.2, 0.25) is 5.91 Å². The van der Waals surface area contributed by atoms with Gasteiger partial charge in [-0.1, -0.05) is 5.92 Å². The van der Waals surface area contributed by atoms with E-state index in [0.29, 0.717) is 31.9 Å². The van der Waals surface area contributed by atoms with E-state index in [1.165, 1.54) is 12.1 Å². The molecule has 0 radical (unpaired) electrons. The van der Waals surface area contributed by atoms with Crippen LogP contribution in [0.25, 0.3) is 0 Å². The molecule has 0 aromatic heterocycles. The molecule has 1 N–H and O–H groups in total. The number of carbonyl (C=O) groups excluding carboxylic acids is 1. The topological polar surface area (TPSA) is 78.7 Å². The van der Waals surface area contributed by atoms with Gasteiger partial charge in [0, 0.05) is 26.2 Å². The Labute approximate surface area is 139 Å². The number of nitro groups is 1. The summed E-state index contributed by atoms with van der Waals surface area (Å²) >= 11 is 0. The number of nitro benzene ring substituents is 1. The zero-order valence-corrected chi connectivity index (χ0v) is 13.4. The molecule has 0 saturated carbocycles. The van der Waals surface area contributed by atoms with Crippen LogP contribution in [0, 0.1) is 28.3 Å².